The van der Waals surface area contributed by atoms with Crippen LogP contribution in [-0.4, -0.2) is 39.3 Å². The van der Waals surface area contributed by atoms with Crippen molar-refractivity contribution >= 4 is 17.3 Å². The van der Waals surface area contributed by atoms with Gasteiger partial charge in [0.05, 0.1) is 12.0 Å². The molecule has 1 aliphatic carbocycles. The van der Waals surface area contributed by atoms with Crippen molar-refractivity contribution < 1.29 is 24.6 Å². The van der Waals surface area contributed by atoms with Gasteiger partial charge in [-0.1, -0.05) is 48.0 Å². The van der Waals surface area contributed by atoms with Crippen LogP contribution in [0, 0.1) is 29.6 Å². The monoisotopic (exact) mass is 354 g/mol. The van der Waals surface area contributed by atoms with Crippen LogP contribution in [0.1, 0.15) is 67.2 Å². The fraction of sp³-hybridized carbons (Fsp3) is 0.850. The summed E-state index contributed by atoms with van der Waals surface area (Å²) in [5.41, 5.74) is -2.14. The molecule has 0 aliphatic heterocycles. The van der Waals surface area contributed by atoms with E-state index in [2.05, 4.69) is 0 Å². The van der Waals surface area contributed by atoms with Crippen LogP contribution in [0.2, 0.25) is 0 Å². The van der Waals surface area contributed by atoms with Gasteiger partial charge in [-0.25, -0.2) is 0 Å². The predicted octanol–water partition coefficient (Wildman–Crippen LogP) is 2.56. The Kier molecular flexibility index (Phi) is 7.51. The Labute approximate surface area is 151 Å². The normalized spacial score (nSPS) is 28.4. The van der Waals surface area contributed by atoms with Crippen LogP contribution in [0.3, 0.4) is 0 Å². The van der Waals surface area contributed by atoms with Gasteiger partial charge in [0, 0.05) is 5.92 Å². The molecule has 0 saturated heterocycles. The van der Waals surface area contributed by atoms with Gasteiger partial charge in [-0.2, -0.15) is 0 Å². The molecule has 0 aromatic heterocycles. The van der Waals surface area contributed by atoms with Crippen LogP contribution in [0.5, 0.6) is 0 Å². The average molecular weight is 354 g/mol. The van der Waals surface area contributed by atoms with E-state index < -0.39 is 46.8 Å². The molecule has 5 heteroatoms. The smallest absolute Gasteiger partial charge is 0.185 e. The number of Topliss-reactive ketones (excluding diaryl/α,β-unsaturated/α-hetero) is 3. The Bertz CT molecular complexity index is 508. The van der Waals surface area contributed by atoms with Crippen molar-refractivity contribution in [1.82, 2.24) is 0 Å². The molecule has 2 N–H and O–H groups in total. The van der Waals surface area contributed by atoms with Gasteiger partial charge in [0.25, 0.3) is 0 Å². The summed E-state index contributed by atoms with van der Waals surface area (Å²) in [5, 5.41) is 21.7. The Hall–Kier alpha value is -1.07. The summed E-state index contributed by atoms with van der Waals surface area (Å²) in [4.78, 5) is 38.1. The lowest BCUT2D eigenvalue weighted by Gasteiger charge is -2.33. The highest BCUT2D eigenvalue weighted by atomic mass is 16.4. The van der Waals surface area contributed by atoms with Crippen LogP contribution < -0.4 is 0 Å². The molecule has 1 saturated carbocycles. The highest BCUT2D eigenvalue weighted by molar-refractivity contribution is 6.27. The summed E-state index contributed by atoms with van der Waals surface area (Å²) >= 11 is 0. The van der Waals surface area contributed by atoms with Crippen molar-refractivity contribution in [1.29, 1.82) is 0 Å². The van der Waals surface area contributed by atoms with Gasteiger partial charge in [0.2, 0.25) is 0 Å². The van der Waals surface area contributed by atoms with Crippen LogP contribution in [0.25, 0.3) is 0 Å². The highest BCUT2D eigenvalue weighted by Crippen LogP contribution is 2.42. The zero-order chi connectivity index (χ0) is 19.5. The maximum Gasteiger partial charge on any atom is 0.185 e. The number of hydrogen-bond acceptors (Lipinski definition) is 5. The fourth-order valence-corrected chi connectivity index (χ4v) is 3.52. The molecular weight excluding hydrogens is 320 g/mol. The van der Waals surface area contributed by atoms with E-state index in [1.54, 1.807) is 13.8 Å². The second kappa shape index (κ2) is 8.54. The Balaban J connectivity index is 3.20. The summed E-state index contributed by atoms with van der Waals surface area (Å²) in [5.74, 6) is -4.10. The first-order valence-corrected chi connectivity index (χ1v) is 9.46. The molecule has 0 radical (unpaired) electrons. The molecule has 4 atom stereocenters. The Morgan fingerprint density at radius 3 is 1.96 bits per heavy atom. The van der Waals surface area contributed by atoms with Gasteiger partial charge in [-0.3, -0.25) is 14.4 Å². The zero-order valence-corrected chi connectivity index (χ0v) is 16.4. The number of hydrogen-bond donors (Lipinski definition) is 2. The number of carbonyl (C=O) groups is 3. The third-order valence-corrected chi connectivity index (χ3v) is 5.23. The van der Waals surface area contributed by atoms with Crippen LogP contribution >= 0.6 is 0 Å². The number of carbonyl (C=O) groups excluding carboxylic acids is 3. The van der Waals surface area contributed by atoms with E-state index in [9.17, 15) is 24.6 Å². The first-order chi connectivity index (χ1) is 11.4. The summed E-state index contributed by atoms with van der Waals surface area (Å²) in [6, 6.07) is 0. The minimum absolute atomic E-state index is 0.230. The van der Waals surface area contributed by atoms with Crippen LogP contribution in [0.15, 0.2) is 0 Å². The van der Waals surface area contributed by atoms with E-state index in [4.69, 9.17) is 0 Å². The third kappa shape index (κ3) is 4.56. The average Bonchev–Trinajstić information content (AvgIpc) is 2.69. The summed E-state index contributed by atoms with van der Waals surface area (Å²) in [7, 11) is 0. The van der Waals surface area contributed by atoms with E-state index in [-0.39, 0.29) is 6.42 Å². The second-order valence-corrected chi connectivity index (χ2v) is 8.59. The van der Waals surface area contributed by atoms with Crippen molar-refractivity contribution in [2.24, 2.45) is 29.6 Å². The van der Waals surface area contributed by atoms with E-state index in [1.807, 2.05) is 27.7 Å². The number of aliphatic hydroxyl groups excluding tert-OH is 1. The topological polar surface area (TPSA) is 91.7 Å². The van der Waals surface area contributed by atoms with Crippen molar-refractivity contribution in [3.05, 3.63) is 0 Å². The molecule has 144 valence electrons. The second-order valence-electron chi connectivity index (χ2n) is 8.59. The molecule has 1 aliphatic rings. The lowest BCUT2D eigenvalue weighted by Crippen LogP contribution is -2.52. The van der Waals surface area contributed by atoms with Crippen molar-refractivity contribution in [3.8, 4) is 0 Å². The SMILES string of the molecule is CC(C)CCC(O)[C@@]1(O)C(=O)C(C(=O)C(C)C)C(=O)[C@H]1CCC(C)C. The molecule has 5 nitrogen and oxygen atoms in total. The largest absolute Gasteiger partial charge is 0.390 e. The minimum Gasteiger partial charge on any atom is -0.390 e. The highest BCUT2D eigenvalue weighted by Gasteiger charge is 2.64. The fourth-order valence-electron chi connectivity index (χ4n) is 3.52. The first-order valence-electron chi connectivity index (χ1n) is 9.46. The van der Waals surface area contributed by atoms with E-state index >= 15 is 0 Å². The van der Waals surface area contributed by atoms with Crippen molar-refractivity contribution in [2.45, 2.75) is 78.9 Å². The molecule has 0 spiro atoms. The zero-order valence-electron chi connectivity index (χ0n) is 16.4. The molecule has 0 bridgehead atoms. The molecule has 0 heterocycles. The lowest BCUT2D eigenvalue weighted by atomic mass is 9.78. The van der Waals surface area contributed by atoms with Crippen LogP contribution in [0.4, 0.5) is 0 Å². The molecule has 1 rings (SSSR count). The van der Waals surface area contributed by atoms with Gasteiger partial charge in [-0.05, 0) is 31.1 Å². The lowest BCUT2D eigenvalue weighted by molar-refractivity contribution is -0.158. The van der Waals surface area contributed by atoms with E-state index in [0.29, 0.717) is 31.1 Å². The summed E-state index contributed by atoms with van der Waals surface area (Å²) in [6.07, 6.45) is 0.483. The number of aliphatic hydroxyl groups is 2. The quantitative estimate of drug-likeness (QED) is 0.621. The standard InChI is InChI=1S/C20H34O5/c1-11(2)7-9-14-18(23)16(17(22)13(5)6)19(24)20(14,25)15(21)10-8-12(3)4/h11-16,21,25H,7-10H2,1-6H3/t14-,15?,16?,20-/m1/s1. The summed E-state index contributed by atoms with van der Waals surface area (Å²) < 4.78 is 0. The number of rotatable bonds is 9. The van der Waals surface area contributed by atoms with Crippen molar-refractivity contribution in [3.63, 3.8) is 0 Å². The minimum atomic E-state index is -2.14. The van der Waals surface area contributed by atoms with Gasteiger partial charge in [0.1, 0.15) is 5.92 Å². The predicted molar refractivity (Wildman–Crippen MR) is 95.9 cm³/mol. The van der Waals surface area contributed by atoms with Gasteiger partial charge < -0.3 is 10.2 Å². The molecule has 25 heavy (non-hydrogen) atoms. The van der Waals surface area contributed by atoms with Crippen LogP contribution in [-0.2, 0) is 14.4 Å². The van der Waals surface area contributed by atoms with Gasteiger partial charge in [0.15, 0.2) is 23.0 Å². The molecule has 0 aromatic carbocycles. The Morgan fingerprint density at radius 2 is 1.52 bits per heavy atom. The number of ketones is 3. The molecular formula is C20H34O5. The molecule has 2 unspecified atom stereocenters. The maximum atomic E-state index is 12.9. The van der Waals surface area contributed by atoms with E-state index in [0.717, 1.165) is 0 Å². The summed E-state index contributed by atoms with van der Waals surface area (Å²) in [6.45, 7) is 11.2. The molecule has 1 fully saturated rings. The van der Waals surface area contributed by atoms with Gasteiger partial charge in [-0.15, -0.1) is 0 Å². The first kappa shape index (κ1) is 22.0. The third-order valence-electron chi connectivity index (χ3n) is 5.23. The molecule has 0 aromatic rings. The van der Waals surface area contributed by atoms with E-state index in [1.165, 1.54) is 0 Å². The Morgan fingerprint density at radius 1 is 1.00 bits per heavy atom. The maximum absolute atomic E-state index is 12.9. The van der Waals surface area contributed by atoms with Gasteiger partial charge >= 0.3 is 0 Å². The van der Waals surface area contributed by atoms with Crippen molar-refractivity contribution in [2.75, 3.05) is 0 Å². The molecule has 0 amide bonds.